The molecule has 0 heterocycles. The number of benzene rings is 6. The van der Waals surface area contributed by atoms with Gasteiger partial charge in [0.1, 0.15) is 0 Å². The zero-order valence-corrected chi connectivity index (χ0v) is 19.8. The van der Waals surface area contributed by atoms with E-state index in [1.807, 2.05) is 103 Å². The second-order valence-electron chi connectivity index (χ2n) is 7.49. The largest absolute Gasteiger partial charge is 0.0622 e. The van der Waals surface area contributed by atoms with Gasteiger partial charge in [0.15, 0.2) is 6.29 Å². The number of aldehydes is 1. The first kappa shape index (κ1) is 28.6. The monoisotopic (exact) mass is 476 g/mol. The van der Waals surface area contributed by atoms with Crippen LogP contribution in [0.2, 0.25) is 0 Å². The molecule has 0 aliphatic carbocycles. The van der Waals surface area contributed by atoms with Crippen LogP contribution in [-0.2, 0) is 4.79 Å². The Bertz CT molecular complexity index is 1370. The zero-order valence-electron chi connectivity index (χ0n) is 19.8. The Morgan fingerprint density at radius 2 is 1.16 bits per heavy atom. The van der Waals surface area contributed by atoms with Gasteiger partial charge in [0, 0.05) is 11.1 Å². The maximum Gasteiger partial charge on any atom is -0.00992 e. The molecule has 3 radical (unpaired) electrons. The van der Waals surface area contributed by atoms with Gasteiger partial charge in [-0.3, -0.25) is 9.59 Å². The number of carbonyl (C=O) groups excluding carboxylic acids is 2. The first-order valence-electron chi connectivity index (χ1n) is 11.4. The maximum absolute atomic E-state index is 10.6. The van der Waals surface area contributed by atoms with Gasteiger partial charge in [-0.1, -0.05) is 146 Å². The average molecular weight is 477 g/mol. The molecule has 0 saturated heterocycles. The third-order valence-corrected chi connectivity index (χ3v) is 5.02. The van der Waals surface area contributed by atoms with Crippen LogP contribution in [0, 0.1) is 12.1 Å². The van der Waals surface area contributed by atoms with Crippen molar-refractivity contribution < 1.29 is 9.59 Å². The van der Waals surface area contributed by atoms with Crippen LogP contribution in [0.4, 0.5) is 0 Å². The van der Waals surface area contributed by atoms with Crippen LogP contribution in [0.3, 0.4) is 0 Å². The van der Waals surface area contributed by atoms with Crippen LogP contribution < -0.4 is 0 Å². The van der Waals surface area contributed by atoms with Gasteiger partial charge in [-0.25, -0.2) is 0 Å². The molecule has 0 atom stereocenters. The first-order chi connectivity index (χ1) is 17.8. The normalized spacial score (nSPS) is 9.08. The van der Waals surface area contributed by atoms with E-state index in [0.717, 1.165) is 22.6 Å². The van der Waals surface area contributed by atoms with Crippen molar-refractivity contribution in [1.29, 1.82) is 0 Å². The molecule has 0 fully saturated rings. The van der Waals surface area contributed by atoms with Crippen LogP contribution in [0.1, 0.15) is 15.9 Å². The summed E-state index contributed by atoms with van der Waals surface area (Å²) in [5, 5.41) is 4.58. The molecule has 37 heavy (non-hydrogen) atoms. The maximum atomic E-state index is 10.6. The Morgan fingerprint density at radius 3 is 1.76 bits per heavy atom. The fraction of sp³-hybridized carbons (Fsp3) is 0. The molecule has 6 aromatic carbocycles. The van der Waals surface area contributed by atoms with Crippen molar-refractivity contribution in [3.8, 4) is 0 Å². The molecule has 0 aromatic heterocycles. The Kier molecular flexibility index (Phi) is 13.0. The minimum absolute atomic E-state index is 0. The molecule has 0 N–H and O–H groups in total. The third-order valence-electron chi connectivity index (χ3n) is 5.02. The molecule has 0 saturated carbocycles. The molecule has 6 aromatic rings. The summed E-state index contributed by atoms with van der Waals surface area (Å²) in [4.78, 5) is 20.5. The summed E-state index contributed by atoms with van der Waals surface area (Å²) in [6.07, 6.45) is 2.67. The zero-order chi connectivity index (χ0) is 25.3. The SMILES string of the molecule is O=Cc1cccc2ccccc12.O=[C]c1ccccc1.[BeH2].[c]1cccc2ccccc12.[c]1ccccc1. The van der Waals surface area contributed by atoms with Crippen LogP contribution in [0.5, 0.6) is 0 Å². The quantitative estimate of drug-likeness (QED) is 0.199. The van der Waals surface area contributed by atoms with Crippen molar-refractivity contribution in [2.75, 3.05) is 0 Å². The molecule has 177 valence electrons. The van der Waals surface area contributed by atoms with Gasteiger partial charge in [-0.05, 0) is 33.7 Å². The molecule has 3 heteroatoms. The minimum atomic E-state index is 0. The van der Waals surface area contributed by atoms with Gasteiger partial charge in [0.2, 0.25) is 6.29 Å². The summed E-state index contributed by atoms with van der Waals surface area (Å²) < 4.78 is 0. The van der Waals surface area contributed by atoms with Gasteiger partial charge in [-0.2, -0.15) is 0 Å². The predicted molar refractivity (Wildman–Crippen MR) is 157 cm³/mol. The summed E-state index contributed by atoms with van der Waals surface area (Å²) in [6.45, 7) is 0. The number of fused-ring (bicyclic) bond motifs is 2. The van der Waals surface area contributed by atoms with Gasteiger partial charge >= 0.3 is 10.1 Å². The van der Waals surface area contributed by atoms with E-state index >= 15 is 0 Å². The molecule has 0 amide bonds. The van der Waals surface area contributed by atoms with E-state index in [1.54, 1.807) is 30.6 Å². The van der Waals surface area contributed by atoms with Crippen LogP contribution in [0.25, 0.3) is 21.5 Å². The van der Waals surface area contributed by atoms with Gasteiger partial charge in [0.25, 0.3) is 0 Å². The molecule has 0 bridgehead atoms. The van der Waals surface area contributed by atoms with E-state index in [1.165, 1.54) is 10.8 Å². The van der Waals surface area contributed by atoms with E-state index in [4.69, 9.17) is 0 Å². The minimum Gasteiger partial charge on any atom is -0.0622 e. The number of rotatable bonds is 2. The van der Waals surface area contributed by atoms with E-state index in [9.17, 15) is 9.59 Å². The molecule has 0 unspecified atom stereocenters. The molecular formula is C34H27BeO2. The summed E-state index contributed by atoms with van der Waals surface area (Å²) in [5.74, 6) is 0. The summed E-state index contributed by atoms with van der Waals surface area (Å²) in [5.41, 5.74) is 1.36. The molecule has 0 aliphatic rings. The first-order valence-corrected chi connectivity index (χ1v) is 11.4. The molecule has 0 spiro atoms. The van der Waals surface area contributed by atoms with Gasteiger partial charge in [-0.15, -0.1) is 0 Å². The average Bonchev–Trinajstić information content (AvgIpc) is 2.99. The smallest absolute Gasteiger partial charge is 0.00992 e. The Hall–Kier alpha value is -4.65. The number of hydrogen-bond acceptors (Lipinski definition) is 2. The fourth-order valence-electron chi connectivity index (χ4n) is 3.26. The Balaban J connectivity index is 0.000000177. The fourth-order valence-corrected chi connectivity index (χ4v) is 3.26. The summed E-state index contributed by atoms with van der Waals surface area (Å²) >= 11 is 0. The summed E-state index contributed by atoms with van der Waals surface area (Å²) in [6, 6.07) is 52.4. The van der Waals surface area contributed by atoms with E-state index in [2.05, 4.69) is 30.3 Å². The van der Waals surface area contributed by atoms with Crippen molar-refractivity contribution in [3.63, 3.8) is 0 Å². The summed E-state index contributed by atoms with van der Waals surface area (Å²) in [7, 11) is 0. The molecule has 0 aliphatic heterocycles. The van der Waals surface area contributed by atoms with Crippen molar-refractivity contribution in [2.24, 2.45) is 0 Å². The van der Waals surface area contributed by atoms with Crippen LogP contribution in [-0.4, -0.2) is 22.7 Å². The Morgan fingerprint density at radius 1 is 0.568 bits per heavy atom. The second-order valence-corrected chi connectivity index (χ2v) is 7.49. The topological polar surface area (TPSA) is 34.1 Å². The molecule has 6 rings (SSSR count). The third kappa shape index (κ3) is 9.85. The van der Waals surface area contributed by atoms with Crippen molar-refractivity contribution in [3.05, 3.63) is 169 Å². The van der Waals surface area contributed by atoms with Crippen molar-refractivity contribution in [2.45, 2.75) is 0 Å². The molecular weight excluding hydrogens is 449 g/mol. The van der Waals surface area contributed by atoms with Gasteiger partial charge < -0.3 is 0 Å². The van der Waals surface area contributed by atoms with E-state index in [0.29, 0.717) is 5.56 Å². The molecule has 2 nitrogen and oxygen atoms in total. The second kappa shape index (κ2) is 16.9. The standard InChI is InChI=1S/C11H8O.C10H7.C7H5O.C6H5.Be.2H/c12-8-10-6-3-5-9-4-1-2-7-11(9)10;1-2-6-10-8-4-3-7-9(10)5-1;8-6-7-4-2-1-3-5-7;1-2-4-6-5-3-1;;;/h1-8H;1-7H;1-5H;1-5H;;;. The van der Waals surface area contributed by atoms with E-state index in [-0.39, 0.29) is 10.1 Å². The Labute approximate surface area is 222 Å². The predicted octanol–water partition coefficient (Wildman–Crippen LogP) is 7.01. The van der Waals surface area contributed by atoms with Crippen LogP contribution in [0.15, 0.2) is 146 Å². The number of hydrogen-bond donors (Lipinski definition) is 0. The van der Waals surface area contributed by atoms with Gasteiger partial charge in [0.05, 0.1) is 0 Å². The number of carbonyl (C=O) groups is 1. The van der Waals surface area contributed by atoms with Crippen molar-refractivity contribution in [1.82, 2.24) is 0 Å². The van der Waals surface area contributed by atoms with Crippen LogP contribution >= 0.6 is 0 Å². The van der Waals surface area contributed by atoms with Crippen molar-refractivity contribution >= 4 is 44.2 Å². The van der Waals surface area contributed by atoms with E-state index < -0.39 is 0 Å².